The second-order valence-electron chi connectivity index (χ2n) is 41.7. The van der Waals surface area contributed by atoms with Gasteiger partial charge in [-0.25, -0.2) is 31.3 Å². The first-order valence-corrected chi connectivity index (χ1v) is 51.4. The molecule has 10 aliphatic carbocycles. The van der Waals surface area contributed by atoms with Crippen LogP contribution in [0.2, 0.25) is 0 Å². The van der Waals surface area contributed by atoms with Gasteiger partial charge in [0.15, 0.2) is 45.9 Å². The number of aromatic nitrogens is 16. The topological polar surface area (TPSA) is 403 Å². The molecule has 2 amide bonds. The number of ketones is 2. The fraction of sp³-hybridized carbons (Fsp3) is 0.566. The Morgan fingerprint density at radius 1 is 0.380 bits per heavy atom. The minimum atomic E-state index is -3.50. The summed E-state index contributed by atoms with van der Waals surface area (Å²) in [4.78, 5) is 64.4. The smallest absolute Gasteiger partial charge is 0.506 e. The number of rotatable bonds is 16. The molecule has 0 bridgehead atoms. The maximum atomic E-state index is 14.5. The minimum absolute atomic E-state index is 0. The summed E-state index contributed by atoms with van der Waals surface area (Å²) in [5.41, 5.74) is 5.20. The Hall–Kier alpha value is -8.16. The maximum Gasteiger partial charge on any atom is 2.00 e. The third-order valence-electron chi connectivity index (χ3n) is 27.3. The summed E-state index contributed by atoms with van der Waals surface area (Å²) in [5.74, 6) is 0.442. The van der Waals surface area contributed by atoms with Gasteiger partial charge >= 0.3 is 68.3 Å². The summed E-state index contributed by atoms with van der Waals surface area (Å²) < 4.78 is 63.1. The number of allylic oxidation sites excluding steroid dienone is 4. The number of hydrogen-bond acceptors (Lipinski definition) is 20. The Bertz CT molecular complexity index is 6170. The van der Waals surface area contributed by atoms with Crippen LogP contribution in [0.3, 0.4) is 0 Å². The van der Waals surface area contributed by atoms with E-state index in [1.807, 2.05) is 96.9 Å². The van der Waals surface area contributed by atoms with Crippen molar-refractivity contribution in [3.8, 4) is 22.8 Å². The minimum Gasteiger partial charge on any atom is -0.506 e. The van der Waals surface area contributed by atoms with E-state index in [0.29, 0.717) is 138 Å². The molecule has 8 saturated carbocycles. The molecule has 10 aliphatic rings. The summed E-state index contributed by atoms with van der Waals surface area (Å²) in [7, 11) is -6.99. The van der Waals surface area contributed by atoms with Gasteiger partial charge < -0.3 is 80.3 Å². The van der Waals surface area contributed by atoms with E-state index in [9.17, 15) is 46.2 Å². The number of Topliss-reactive ketones (excluding diaryl/α,β-unsaturated/α-hetero) is 2. The van der Waals surface area contributed by atoms with Gasteiger partial charge in [-0.3, -0.25) is 38.8 Å². The van der Waals surface area contributed by atoms with E-state index in [2.05, 4.69) is 60.9 Å². The van der Waals surface area contributed by atoms with E-state index >= 15 is 0 Å². The third kappa shape index (κ3) is 28.0. The van der Waals surface area contributed by atoms with Crippen LogP contribution in [0.5, 0.6) is 0 Å². The predicted molar refractivity (Wildman–Crippen MR) is 559 cm³/mol. The van der Waals surface area contributed by atoms with Gasteiger partial charge in [0.25, 0.3) is 0 Å². The van der Waals surface area contributed by atoms with Gasteiger partial charge in [-0.1, -0.05) is 263 Å². The molecule has 30 nitrogen and oxygen atoms in total. The fourth-order valence-corrected chi connectivity index (χ4v) is 23.0. The largest absolute Gasteiger partial charge is 2.00 e. The number of H-pyrrole nitrogens is 2. The molecule has 2 atom stereocenters. The molecule has 8 fully saturated rings. The Morgan fingerprint density at radius 3 is 1.06 bits per heavy atom. The number of hydrogen-bond donors (Lipinski definition) is 8. The van der Waals surface area contributed by atoms with Crippen LogP contribution in [0.15, 0.2) is 60.0 Å². The monoisotopic (exact) mass is 2160 g/mol. The number of aliphatic hydroxyl groups excluding tert-OH is 2. The molecule has 142 heavy (non-hydrogen) atoms. The molecule has 2 aromatic carbocycles. The molecule has 2 unspecified atom stereocenters. The number of benzene rings is 2. The van der Waals surface area contributed by atoms with Gasteiger partial charge in [0.05, 0.1) is 83.5 Å². The molecule has 10 aromatic rings. The van der Waals surface area contributed by atoms with Crippen LogP contribution in [0.1, 0.15) is 386 Å². The van der Waals surface area contributed by atoms with Crippen molar-refractivity contribution < 1.29 is 115 Å². The zero-order valence-corrected chi connectivity index (χ0v) is 94.2. The van der Waals surface area contributed by atoms with Gasteiger partial charge in [-0.2, -0.15) is 19.3 Å². The number of fused-ring (bicyclic) bond motifs is 4. The van der Waals surface area contributed by atoms with Gasteiger partial charge in [0, 0.05) is 61.7 Å². The molecule has 0 saturated heterocycles. The molecule has 0 spiro atoms. The van der Waals surface area contributed by atoms with Gasteiger partial charge in [-0.05, 0) is 114 Å². The standard InChI is InChI=1S/C42H48N10O6S2.C36H48N10O4.4C5H10.8CH3.4Fe/c1-41(2,3)35-31(39-43-37(47-51(39)45-35)23-15-19-25(20-16-23)49-59(55,56)27-11-7-8-12-27)29-33(53)30(34(29)54)32-36(42(4,5)6)46-52-40(32)44-38(48-52)24-17-21-26(22-18-24)50-60(57,58)28-13-9-10-14-28;1-17(37-33(49)19-13-9-10-14-19)29-39-41-31-23(27(35(3,4)5)43-45(29)31)21-25(47)22(26(21)48)24-28(36(6,7)8)44-46-30(40-42-32(24)46)18(2)38-34(50)20-15-11-12-16-20;4*1-2-4-5-3-1;;;;;;;;;;;;/h15-22,27-28,45,49-50,53H,7-14H2,1-6H3;17-20,43,47H,9-16H2,1-8H3,(H,37,49)(H,38,50);4*1-5H2;8*1H3;;;;/q;;;;;;8*-1;4*+2. The number of nitrogens with one attached hydrogen (secondary N) is 6. The number of nitrogens with zero attached hydrogens (tertiary/aromatic N) is 14. The van der Waals surface area contributed by atoms with Crippen LogP contribution in [-0.4, -0.2) is 140 Å². The summed E-state index contributed by atoms with van der Waals surface area (Å²) in [6.07, 6.45) is 44.0. The van der Waals surface area contributed by atoms with Crippen LogP contribution < -0.4 is 30.5 Å². The second-order valence-corrected chi connectivity index (χ2v) is 45.6. The molecule has 0 aliphatic heterocycles. The molecule has 8 N–H and O–H groups in total. The number of carbonyl (C=O) groups is 4. The average Bonchev–Trinajstić information content (AvgIpc) is 1.53. The summed E-state index contributed by atoms with van der Waals surface area (Å²) >= 11 is 0. The van der Waals surface area contributed by atoms with E-state index in [0.717, 1.165) is 77.0 Å². The first-order valence-electron chi connectivity index (χ1n) is 48.3. The summed E-state index contributed by atoms with van der Waals surface area (Å²) in [5, 5.41) is 73.4. The van der Waals surface area contributed by atoms with Gasteiger partial charge in [-0.15, -0.1) is 35.2 Å². The summed E-state index contributed by atoms with van der Waals surface area (Å²) in [6.45, 7) is 27.5. The third-order valence-corrected chi connectivity index (χ3v) is 31.0. The average molecular weight is 2160 g/mol. The van der Waals surface area contributed by atoms with Crippen molar-refractivity contribution >= 4 is 99.7 Å². The van der Waals surface area contributed by atoms with E-state index in [-0.39, 0.29) is 196 Å². The first-order chi connectivity index (χ1) is 61.9. The first kappa shape index (κ1) is 128. The van der Waals surface area contributed by atoms with Crippen molar-refractivity contribution in [1.82, 2.24) is 89.9 Å². The van der Waals surface area contributed by atoms with Crippen molar-refractivity contribution in [1.29, 1.82) is 0 Å². The van der Waals surface area contributed by atoms with Crippen LogP contribution in [-0.2, 0) is 129 Å². The molecule has 788 valence electrons. The zero-order chi connectivity index (χ0) is 92.5. The van der Waals surface area contributed by atoms with Crippen LogP contribution in [0.25, 0.3) is 67.7 Å². The van der Waals surface area contributed by atoms with Gasteiger partial charge in [0.1, 0.15) is 11.5 Å². The normalized spacial score (nSPS) is 18.3. The SMILES string of the molecule is C1CCCC1.C1CCCC1.C1CCCC1.C1CCCC1.CC(C)(C)c1[nH]n2nc(-c3ccc(NS(=O)(=O)C4CCCC4)cc3)nc2c1C1=C(O)C(=c2c(C(C)(C)C)nn3nc(-c4ccc(NS(=O)(=O)C5CCCC5)cc4)nc23)C1=O.CC(NC(=O)C1CCCC1)c1nnc2c(=C3C(=O)C(c4c(C(C)(C)C)[nH]n5c(C(C)NC(=O)C6CCCC6)nnc45)=C3O)c(C(C)(C)C)nn12.[CH3-].[CH3-].[CH3-].[CH3-].[CH3-].[CH3-].[CH3-].[CH3-].[Fe+2].[Fe+2].[Fe+2].[Fe+2]. The molecule has 36 heteroatoms. The van der Waals surface area contributed by atoms with Crippen molar-refractivity contribution in [2.75, 3.05) is 9.44 Å². The molecule has 0 radical (unpaired) electrons. The molecular formula is C106H160Fe4N20O10S2. The van der Waals surface area contributed by atoms with E-state index in [1.54, 1.807) is 57.6 Å². The number of amides is 2. The molecule has 8 heterocycles. The quantitative estimate of drug-likeness (QED) is 0.0329. The number of anilines is 2. The van der Waals surface area contributed by atoms with Crippen molar-refractivity contribution in [3.63, 3.8) is 0 Å². The van der Waals surface area contributed by atoms with Crippen LogP contribution >= 0.6 is 0 Å². The Balaban J connectivity index is 0.000000570. The number of aliphatic hydroxyl groups is 2. The van der Waals surface area contributed by atoms with Crippen molar-refractivity contribution in [2.24, 2.45) is 11.8 Å². The maximum absolute atomic E-state index is 14.5. The predicted octanol–water partition coefficient (Wildman–Crippen LogP) is 21.9. The van der Waals surface area contributed by atoms with Crippen LogP contribution in [0.4, 0.5) is 11.4 Å². The zero-order valence-electron chi connectivity index (χ0n) is 88.2. The molecule has 8 aromatic heterocycles. The molecule has 20 rings (SSSR count). The Kier molecular flexibility index (Phi) is 48.2. The van der Waals surface area contributed by atoms with E-state index < -0.39 is 64.8 Å². The van der Waals surface area contributed by atoms with Gasteiger partial charge in [0.2, 0.25) is 43.4 Å². The number of carbonyl (C=O) groups excluding carboxylic acids is 4. The second kappa shape index (κ2) is 53.5. The number of sulfonamides is 2. The summed E-state index contributed by atoms with van der Waals surface area (Å²) in [6, 6.07) is 12.7. The molecular weight excluding hydrogens is 2000 g/mol. The van der Waals surface area contributed by atoms with Crippen molar-refractivity contribution in [2.45, 2.75) is 372 Å². The Morgan fingerprint density at radius 2 is 0.697 bits per heavy atom. The number of aromatic amines is 2. The Labute approximate surface area is 889 Å². The van der Waals surface area contributed by atoms with Crippen molar-refractivity contribution in [3.05, 3.63) is 175 Å². The van der Waals surface area contributed by atoms with Crippen LogP contribution in [0, 0.1) is 71.2 Å². The van der Waals surface area contributed by atoms with E-state index in [4.69, 9.17) is 20.2 Å². The fourth-order valence-electron chi connectivity index (χ4n) is 19.8. The van der Waals surface area contributed by atoms with E-state index in [1.165, 1.54) is 138 Å².